The molecule has 0 radical (unpaired) electrons. The number of benzene rings is 2. The molecule has 0 saturated carbocycles. The van der Waals surface area contributed by atoms with E-state index in [9.17, 15) is 31.7 Å². The maximum atomic E-state index is 12.7. The van der Waals surface area contributed by atoms with Gasteiger partial charge in [0.15, 0.2) is 0 Å². The molecule has 1 fully saturated rings. The summed E-state index contributed by atoms with van der Waals surface area (Å²) in [4.78, 5) is 10.3. The predicted molar refractivity (Wildman–Crippen MR) is 99.5 cm³/mol. The number of halogens is 3. The molecule has 2 unspecified atom stereocenters. The summed E-state index contributed by atoms with van der Waals surface area (Å²) in [5.74, 6) is -0.450. The fourth-order valence-corrected chi connectivity index (χ4v) is 3.64. The maximum absolute atomic E-state index is 12.7. The number of non-ortho nitro benzene ring substituents is 1. The van der Waals surface area contributed by atoms with Crippen LogP contribution in [-0.4, -0.2) is 18.8 Å². The molecule has 11 heteroatoms. The van der Waals surface area contributed by atoms with Crippen LogP contribution in [0.15, 0.2) is 65.9 Å². The molecule has 0 N–H and O–H groups in total. The van der Waals surface area contributed by atoms with E-state index in [0.717, 1.165) is 12.5 Å². The fourth-order valence-electron chi connectivity index (χ4n) is 3.11. The van der Waals surface area contributed by atoms with Crippen molar-refractivity contribution in [1.29, 1.82) is 0 Å². The van der Waals surface area contributed by atoms with Gasteiger partial charge in [-0.05, 0) is 30.2 Å². The summed E-state index contributed by atoms with van der Waals surface area (Å²) in [7, 11) is -5.84. The highest BCUT2D eigenvalue weighted by Crippen LogP contribution is 2.47. The first-order valence-electron chi connectivity index (χ1n) is 8.65. The lowest BCUT2D eigenvalue weighted by atomic mass is 9.97. The van der Waals surface area contributed by atoms with Crippen LogP contribution in [0.5, 0.6) is 0 Å². The Kier molecular flexibility index (Phi) is 5.86. The average Bonchev–Trinajstić information content (AvgIpc) is 3.13. The zero-order valence-corrected chi connectivity index (χ0v) is 16.3. The molecule has 1 heterocycles. The van der Waals surface area contributed by atoms with Crippen LogP contribution in [0, 0.1) is 10.1 Å². The normalized spacial score (nSPS) is 21.3. The van der Waals surface area contributed by atoms with Gasteiger partial charge < -0.3 is 8.92 Å². The second-order valence-electron chi connectivity index (χ2n) is 6.53. The Labute approximate surface area is 170 Å². The molecule has 1 aliphatic heterocycles. The molecule has 30 heavy (non-hydrogen) atoms. The van der Waals surface area contributed by atoms with Gasteiger partial charge in [0.25, 0.3) is 5.69 Å². The minimum absolute atomic E-state index is 0.0882. The van der Waals surface area contributed by atoms with Crippen LogP contribution in [0.3, 0.4) is 0 Å². The number of nitro groups is 1. The average molecular weight is 443 g/mol. The second-order valence-corrected chi connectivity index (χ2v) is 8.07. The molecule has 7 nitrogen and oxygen atoms in total. The van der Waals surface area contributed by atoms with E-state index in [0.29, 0.717) is 5.56 Å². The Hall–Kier alpha value is -2.92. The first-order valence-corrected chi connectivity index (χ1v) is 10.1. The molecule has 2 aromatic carbocycles. The molecule has 0 bridgehead atoms. The van der Waals surface area contributed by atoms with Gasteiger partial charge in [-0.15, -0.1) is 0 Å². The molecule has 3 rings (SSSR count). The lowest BCUT2D eigenvalue weighted by Gasteiger charge is -2.16. The summed E-state index contributed by atoms with van der Waals surface area (Å²) in [6, 6.07) is 14.1. The summed E-state index contributed by atoms with van der Waals surface area (Å²) in [5.41, 5.74) is -4.39. The molecule has 1 aliphatic rings. The molecule has 160 valence electrons. The molecule has 2 aromatic rings. The van der Waals surface area contributed by atoms with Crippen molar-refractivity contribution in [3.63, 3.8) is 0 Å². The molecule has 0 aromatic heterocycles. The van der Waals surface area contributed by atoms with Gasteiger partial charge in [-0.25, -0.2) is 0 Å². The lowest BCUT2D eigenvalue weighted by Crippen LogP contribution is -2.25. The zero-order valence-electron chi connectivity index (χ0n) is 15.5. The van der Waals surface area contributed by atoms with Crippen molar-refractivity contribution in [2.24, 2.45) is 0 Å². The number of allylic oxidation sites excluding steroid dienone is 1. The van der Waals surface area contributed by atoms with E-state index >= 15 is 0 Å². The van der Waals surface area contributed by atoms with E-state index in [1.807, 2.05) is 0 Å². The molecule has 2 atom stereocenters. The standard InChI is InChI=1S/C19H16F3NO6S/c1-12(29-30(26,27)19(20,21)22)16-11-17(13-5-3-2-4-6-13)28-18(16)14-7-9-15(10-8-14)23(24)25/h2-10,17-18H,11H2,1H3. The molecule has 0 spiro atoms. The smallest absolute Gasteiger partial charge is 0.381 e. The zero-order chi connectivity index (χ0) is 22.1. The van der Waals surface area contributed by atoms with E-state index in [4.69, 9.17) is 4.74 Å². The summed E-state index contributed by atoms with van der Waals surface area (Å²) in [6.45, 7) is 1.12. The third-order valence-corrected chi connectivity index (χ3v) is 5.61. The largest absolute Gasteiger partial charge is 0.534 e. The minimum atomic E-state index is -5.84. The van der Waals surface area contributed by atoms with E-state index in [-0.39, 0.29) is 17.7 Å². The van der Waals surface area contributed by atoms with Crippen LogP contribution < -0.4 is 0 Å². The Morgan fingerprint density at radius 1 is 1.10 bits per heavy atom. The third kappa shape index (κ3) is 4.46. The Bertz CT molecular complexity index is 1070. The van der Waals surface area contributed by atoms with Crippen molar-refractivity contribution in [2.75, 3.05) is 0 Å². The van der Waals surface area contributed by atoms with Crippen molar-refractivity contribution >= 4 is 15.8 Å². The van der Waals surface area contributed by atoms with Gasteiger partial charge in [-0.2, -0.15) is 21.6 Å². The first kappa shape index (κ1) is 21.8. The fraction of sp³-hybridized carbons (Fsp3) is 0.263. The van der Waals surface area contributed by atoms with Gasteiger partial charge in [-0.1, -0.05) is 30.3 Å². The van der Waals surface area contributed by atoms with Crippen molar-refractivity contribution < 1.29 is 35.4 Å². The van der Waals surface area contributed by atoms with Crippen LogP contribution in [0.2, 0.25) is 0 Å². The highest BCUT2D eigenvalue weighted by Gasteiger charge is 2.49. The van der Waals surface area contributed by atoms with Crippen molar-refractivity contribution in [3.05, 3.63) is 87.2 Å². The summed E-state index contributed by atoms with van der Waals surface area (Å²) in [5, 5.41) is 10.9. The molecular weight excluding hydrogens is 427 g/mol. The van der Waals surface area contributed by atoms with Gasteiger partial charge in [0.2, 0.25) is 0 Å². The van der Waals surface area contributed by atoms with Crippen LogP contribution in [0.25, 0.3) is 0 Å². The summed E-state index contributed by atoms with van der Waals surface area (Å²) < 4.78 is 71.4. The third-order valence-electron chi connectivity index (χ3n) is 4.57. The highest BCUT2D eigenvalue weighted by molar-refractivity contribution is 7.87. The molecule has 1 saturated heterocycles. The first-order chi connectivity index (χ1) is 14.0. The number of hydrogen-bond acceptors (Lipinski definition) is 6. The van der Waals surface area contributed by atoms with Crippen molar-refractivity contribution in [2.45, 2.75) is 31.1 Å². The van der Waals surface area contributed by atoms with E-state index < -0.39 is 38.5 Å². The van der Waals surface area contributed by atoms with Crippen molar-refractivity contribution in [3.8, 4) is 0 Å². The van der Waals surface area contributed by atoms with E-state index in [1.54, 1.807) is 30.3 Å². The topological polar surface area (TPSA) is 95.7 Å². The van der Waals surface area contributed by atoms with Gasteiger partial charge in [-0.3, -0.25) is 10.1 Å². The maximum Gasteiger partial charge on any atom is 0.534 e. The Balaban J connectivity index is 2.01. The van der Waals surface area contributed by atoms with Crippen LogP contribution >= 0.6 is 0 Å². The number of ether oxygens (including phenoxy) is 1. The minimum Gasteiger partial charge on any atom is -0.381 e. The summed E-state index contributed by atoms with van der Waals surface area (Å²) >= 11 is 0. The van der Waals surface area contributed by atoms with Gasteiger partial charge in [0.1, 0.15) is 11.9 Å². The van der Waals surface area contributed by atoms with Crippen LogP contribution in [-0.2, 0) is 19.0 Å². The number of nitro benzene ring substituents is 1. The number of nitrogens with zero attached hydrogens (tertiary/aromatic N) is 1. The number of hydrogen-bond donors (Lipinski definition) is 0. The van der Waals surface area contributed by atoms with Gasteiger partial charge >= 0.3 is 15.6 Å². The highest BCUT2D eigenvalue weighted by atomic mass is 32.2. The van der Waals surface area contributed by atoms with Crippen LogP contribution in [0.1, 0.15) is 36.7 Å². The van der Waals surface area contributed by atoms with Crippen molar-refractivity contribution in [1.82, 2.24) is 0 Å². The Morgan fingerprint density at radius 2 is 1.70 bits per heavy atom. The predicted octanol–water partition coefficient (Wildman–Crippen LogP) is 4.94. The van der Waals surface area contributed by atoms with Crippen LogP contribution in [0.4, 0.5) is 18.9 Å². The Morgan fingerprint density at radius 3 is 2.23 bits per heavy atom. The van der Waals surface area contributed by atoms with Gasteiger partial charge in [0, 0.05) is 24.1 Å². The van der Waals surface area contributed by atoms with Gasteiger partial charge in [0.05, 0.1) is 11.0 Å². The monoisotopic (exact) mass is 443 g/mol. The number of alkyl halides is 3. The molecule has 0 aliphatic carbocycles. The quantitative estimate of drug-likeness (QED) is 0.214. The van der Waals surface area contributed by atoms with E-state index in [1.165, 1.54) is 24.3 Å². The molecule has 0 amide bonds. The number of rotatable bonds is 5. The lowest BCUT2D eigenvalue weighted by molar-refractivity contribution is -0.384. The van der Waals surface area contributed by atoms with E-state index in [2.05, 4.69) is 4.18 Å². The summed E-state index contributed by atoms with van der Waals surface area (Å²) in [6.07, 6.45) is -1.40. The SMILES string of the molecule is CC(OS(=O)(=O)C(F)(F)F)=C1CC(c2ccccc2)OC1c1ccc([N+](=O)[O-])cc1. The molecular formula is C19H16F3NO6S. The second kappa shape index (κ2) is 8.07.